The molecule has 4 atom stereocenters. The molecule has 10 nitrogen and oxygen atoms in total. The van der Waals surface area contributed by atoms with Gasteiger partial charge in [-0.1, -0.05) is 0 Å². The van der Waals surface area contributed by atoms with Gasteiger partial charge in [0.25, 0.3) is 5.79 Å². The van der Waals surface area contributed by atoms with Crippen molar-refractivity contribution < 1.29 is 47.6 Å². The molecule has 0 unspecified atom stereocenters. The second-order valence-electron chi connectivity index (χ2n) is 4.94. The quantitative estimate of drug-likeness (QED) is 0.466. The summed E-state index contributed by atoms with van der Waals surface area (Å²) in [4.78, 5) is 46.8. The largest absolute Gasteiger partial charge is 0.467 e. The Bertz CT molecular complexity index is 516. The first-order valence-corrected chi connectivity index (χ1v) is 6.94. The van der Waals surface area contributed by atoms with Crippen molar-refractivity contribution in [3.05, 3.63) is 0 Å². The summed E-state index contributed by atoms with van der Waals surface area (Å²) in [6.07, 6.45) is -4.41. The number of carbonyl (C=O) groups is 4. The molecule has 0 amide bonds. The highest BCUT2D eigenvalue weighted by Gasteiger charge is 2.58. The second kappa shape index (κ2) is 8.06. The van der Waals surface area contributed by atoms with E-state index in [-0.39, 0.29) is 6.42 Å². The molecule has 1 aliphatic heterocycles. The van der Waals surface area contributed by atoms with Gasteiger partial charge in [0, 0.05) is 21.0 Å². The Morgan fingerprint density at radius 1 is 0.958 bits per heavy atom. The van der Waals surface area contributed by atoms with Gasteiger partial charge < -0.3 is 28.4 Å². The average molecular weight is 348 g/mol. The van der Waals surface area contributed by atoms with Crippen LogP contribution in [0.15, 0.2) is 0 Å². The first kappa shape index (κ1) is 19.8. The third-order valence-electron chi connectivity index (χ3n) is 3.33. The normalized spacial score (nSPS) is 29.3. The Morgan fingerprint density at radius 3 is 1.96 bits per heavy atom. The number of carbonyl (C=O) groups excluding carboxylic acids is 4. The SMILES string of the molecule is COC(=O)[C@H]1O[C@@](OC)(C(=O)OC)C[C@H](OC(C)=O)[C@H]1OC(C)=O. The van der Waals surface area contributed by atoms with Crippen LogP contribution in [0.1, 0.15) is 20.3 Å². The smallest absolute Gasteiger partial charge is 0.366 e. The molecule has 1 saturated heterocycles. The standard InChI is InChI=1S/C14H20O10/c1-7(15)22-9-6-14(21-5,13(18)20-4)24-11(12(17)19-3)10(9)23-8(2)16/h9-11H,6H2,1-5H3/t9-,10+,11-,14+/m0/s1. The number of rotatable bonds is 5. The lowest BCUT2D eigenvalue weighted by Gasteiger charge is -2.43. The molecular weight excluding hydrogens is 328 g/mol. The van der Waals surface area contributed by atoms with E-state index in [0.717, 1.165) is 35.2 Å². The van der Waals surface area contributed by atoms with E-state index in [4.69, 9.17) is 18.9 Å². The van der Waals surface area contributed by atoms with Gasteiger partial charge in [0.05, 0.1) is 20.6 Å². The molecule has 1 rings (SSSR count). The van der Waals surface area contributed by atoms with Crippen molar-refractivity contribution in [2.24, 2.45) is 0 Å². The van der Waals surface area contributed by atoms with Gasteiger partial charge in [0.2, 0.25) is 0 Å². The van der Waals surface area contributed by atoms with Crippen LogP contribution in [-0.4, -0.2) is 69.3 Å². The molecule has 0 aromatic heterocycles. The fourth-order valence-electron chi connectivity index (χ4n) is 2.35. The molecule has 24 heavy (non-hydrogen) atoms. The Balaban J connectivity index is 3.31. The van der Waals surface area contributed by atoms with Gasteiger partial charge in [0.15, 0.2) is 12.2 Å². The lowest BCUT2D eigenvalue weighted by Crippen LogP contribution is -2.63. The van der Waals surface area contributed by atoms with E-state index in [1.165, 1.54) is 0 Å². The molecule has 10 heteroatoms. The van der Waals surface area contributed by atoms with Gasteiger partial charge in [-0.05, 0) is 0 Å². The van der Waals surface area contributed by atoms with E-state index < -0.39 is 48.0 Å². The van der Waals surface area contributed by atoms with Gasteiger partial charge >= 0.3 is 23.9 Å². The van der Waals surface area contributed by atoms with E-state index in [1.807, 2.05) is 0 Å². The maximum Gasteiger partial charge on any atom is 0.366 e. The summed E-state index contributed by atoms with van der Waals surface area (Å²) in [5.74, 6) is -5.36. The van der Waals surface area contributed by atoms with Crippen LogP contribution in [0.5, 0.6) is 0 Å². The van der Waals surface area contributed by atoms with Crippen LogP contribution in [0.4, 0.5) is 0 Å². The van der Waals surface area contributed by atoms with Crippen LogP contribution in [0.3, 0.4) is 0 Å². The molecule has 136 valence electrons. The highest BCUT2D eigenvalue weighted by molar-refractivity contribution is 5.81. The molecule has 0 aliphatic carbocycles. The van der Waals surface area contributed by atoms with Crippen molar-refractivity contribution in [1.82, 2.24) is 0 Å². The highest BCUT2D eigenvalue weighted by Crippen LogP contribution is 2.35. The molecule has 0 aromatic rings. The zero-order chi connectivity index (χ0) is 18.5. The Morgan fingerprint density at radius 2 is 1.54 bits per heavy atom. The first-order chi connectivity index (χ1) is 11.2. The van der Waals surface area contributed by atoms with Crippen LogP contribution in [0.25, 0.3) is 0 Å². The third-order valence-corrected chi connectivity index (χ3v) is 3.33. The van der Waals surface area contributed by atoms with Gasteiger partial charge in [-0.3, -0.25) is 9.59 Å². The van der Waals surface area contributed by atoms with Crippen molar-refractivity contribution in [2.45, 2.75) is 44.4 Å². The Hall–Kier alpha value is -2.20. The van der Waals surface area contributed by atoms with Gasteiger partial charge in [-0.2, -0.15) is 0 Å². The summed E-state index contributed by atoms with van der Waals surface area (Å²) >= 11 is 0. The number of esters is 4. The van der Waals surface area contributed by atoms with Crippen molar-refractivity contribution in [3.8, 4) is 0 Å². The zero-order valence-electron chi connectivity index (χ0n) is 14.0. The summed E-state index contributed by atoms with van der Waals surface area (Å²) in [6.45, 7) is 2.23. The van der Waals surface area contributed by atoms with Crippen LogP contribution in [-0.2, 0) is 47.6 Å². The third kappa shape index (κ3) is 4.20. The summed E-state index contributed by atoms with van der Waals surface area (Å²) in [6, 6.07) is 0. The fraction of sp³-hybridized carbons (Fsp3) is 0.714. The fourth-order valence-corrected chi connectivity index (χ4v) is 2.35. The molecule has 1 heterocycles. The number of ether oxygens (including phenoxy) is 6. The Kier molecular flexibility index (Phi) is 6.67. The summed E-state index contributed by atoms with van der Waals surface area (Å²) in [5, 5.41) is 0. The van der Waals surface area contributed by atoms with E-state index in [9.17, 15) is 19.2 Å². The minimum absolute atomic E-state index is 0.346. The topological polar surface area (TPSA) is 124 Å². The zero-order valence-corrected chi connectivity index (χ0v) is 14.0. The van der Waals surface area contributed by atoms with Gasteiger partial charge in [-0.15, -0.1) is 0 Å². The van der Waals surface area contributed by atoms with Crippen molar-refractivity contribution in [1.29, 1.82) is 0 Å². The summed E-state index contributed by atoms with van der Waals surface area (Å²) < 4.78 is 29.9. The number of hydrogen-bond acceptors (Lipinski definition) is 10. The minimum Gasteiger partial charge on any atom is -0.467 e. The van der Waals surface area contributed by atoms with Crippen LogP contribution in [0, 0.1) is 0 Å². The minimum atomic E-state index is -2.02. The monoisotopic (exact) mass is 348 g/mol. The predicted molar refractivity (Wildman–Crippen MR) is 74.4 cm³/mol. The maximum atomic E-state index is 12.1. The molecule has 0 bridgehead atoms. The van der Waals surface area contributed by atoms with E-state index >= 15 is 0 Å². The lowest BCUT2D eigenvalue weighted by molar-refractivity contribution is -0.304. The highest BCUT2D eigenvalue weighted by atomic mass is 16.7. The predicted octanol–water partition coefficient (Wildman–Crippen LogP) is -0.673. The maximum absolute atomic E-state index is 12.1. The van der Waals surface area contributed by atoms with Crippen LogP contribution >= 0.6 is 0 Å². The van der Waals surface area contributed by atoms with Crippen molar-refractivity contribution >= 4 is 23.9 Å². The Labute approximate surface area is 138 Å². The second-order valence-corrected chi connectivity index (χ2v) is 4.94. The van der Waals surface area contributed by atoms with Crippen molar-refractivity contribution in [3.63, 3.8) is 0 Å². The average Bonchev–Trinajstić information content (AvgIpc) is 2.53. The van der Waals surface area contributed by atoms with Crippen molar-refractivity contribution in [2.75, 3.05) is 21.3 Å². The molecular formula is C14H20O10. The number of methoxy groups -OCH3 is 3. The van der Waals surface area contributed by atoms with Gasteiger partial charge in [-0.25, -0.2) is 9.59 Å². The molecule has 0 saturated carbocycles. The molecule has 0 radical (unpaired) electrons. The van der Waals surface area contributed by atoms with E-state index in [0.29, 0.717) is 0 Å². The molecule has 0 spiro atoms. The van der Waals surface area contributed by atoms with Crippen LogP contribution < -0.4 is 0 Å². The van der Waals surface area contributed by atoms with E-state index in [2.05, 4.69) is 9.47 Å². The summed E-state index contributed by atoms with van der Waals surface area (Å²) in [5.41, 5.74) is 0. The lowest BCUT2D eigenvalue weighted by atomic mass is 9.94. The number of hydrogen-bond donors (Lipinski definition) is 0. The first-order valence-electron chi connectivity index (χ1n) is 6.94. The molecule has 1 fully saturated rings. The van der Waals surface area contributed by atoms with E-state index in [1.54, 1.807) is 0 Å². The molecule has 0 aromatic carbocycles. The van der Waals surface area contributed by atoms with Gasteiger partial charge in [0.1, 0.15) is 6.10 Å². The molecule has 0 N–H and O–H groups in total. The van der Waals surface area contributed by atoms with Crippen LogP contribution in [0.2, 0.25) is 0 Å². The summed E-state index contributed by atoms with van der Waals surface area (Å²) in [7, 11) is 3.33. The molecule has 1 aliphatic rings.